The number of piperazine rings is 1. The number of halogens is 2. The summed E-state index contributed by atoms with van der Waals surface area (Å²) in [6.07, 6.45) is 0. The highest BCUT2D eigenvalue weighted by Gasteiger charge is 2.20. The maximum atomic E-state index is 13.0. The Hall–Kier alpha value is -1.59. The van der Waals surface area contributed by atoms with Crippen LogP contribution in [-0.2, 0) is 6.54 Å². The first kappa shape index (κ1) is 16.3. The van der Waals surface area contributed by atoms with Crippen molar-refractivity contribution in [2.75, 3.05) is 38.2 Å². The van der Waals surface area contributed by atoms with E-state index < -0.39 is 0 Å². The summed E-state index contributed by atoms with van der Waals surface area (Å²) in [5.41, 5.74) is 2.42. The Labute approximate surface area is 144 Å². The summed E-state index contributed by atoms with van der Waals surface area (Å²) in [5, 5.41) is 0. The molecule has 5 heteroatoms. The zero-order valence-corrected chi connectivity index (χ0v) is 14.8. The Balaban J connectivity index is 1.56. The third kappa shape index (κ3) is 4.03. The summed E-state index contributed by atoms with van der Waals surface area (Å²) < 4.78 is 19.3. The lowest BCUT2D eigenvalue weighted by Crippen LogP contribution is -3.13. The van der Waals surface area contributed by atoms with Gasteiger partial charge in [-0.15, -0.1) is 0 Å². The van der Waals surface area contributed by atoms with E-state index in [4.69, 9.17) is 4.74 Å². The van der Waals surface area contributed by atoms with Crippen LogP contribution in [0.15, 0.2) is 46.9 Å². The van der Waals surface area contributed by atoms with Crippen LogP contribution in [0.1, 0.15) is 5.56 Å². The number of hydrogen-bond acceptors (Lipinski definition) is 2. The molecule has 122 valence electrons. The highest BCUT2D eigenvalue weighted by Crippen LogP contribution is 2.25. The van der Waals surface area contributed by atoms with Crippen LogP contribution < -0.4 is 14.5 Å². The summed E-state index contributed by atoms with van der Waals surface area (Å²) in [5.74, 6) is 0.688. The Bertz CT molecular complexity index is 655. The number of nitrogens with one attached hydrogen (secondary N) is 1. The monoisotopic (exact) mass is 379 g/mol. The average Bonchev–Trinajstić information content (AvgIpc) is 2.57. The Morgan fingerprint density at radius 3 is 2.43 bits per heavy atom. The van der Waals surface area contributed by atoms with E-state index >= 15 is 0 Å². The van der Waals surface area contributed by atoms with Crippen molar-refractivity contribution in [3.05, 3.63) is 58.3 Å². The fourth-order valence-corrected chi connectivity index (χ4v) is 3.61. The number of nitrogens with zero attached hydrogens (tertiary/aromatic N) is 1. The highest BCUT2D eigenvalue weighted by atomic mass is 79.9. The first-order valence-electron chi connectivity index (χ1n) is 7.82. The van der Waals surface area contributed by atoms with Crippen molar-refractivity contribution in [1.29, 1.82) is 0 Å². The number of methoxy groups -OCH3 is 1. The van der Waals surface area contributed by atoms with Crippen molar-refractivity contribution in [2.45, 2.75) is 6.54 Å². The molecule has 1 aliphatic rings. The van der Waals surface area contributed by atoms with Crippen molar-refractivity contribution in [3.63, 3.8) is 0 Å². The molecule has 0 unspecified atom stereocenters. The molecule has 0 spiro atoms. The van der Waals surface area contributed by atoms with Crippen LogP contribution in [0.3, 0.4) is 0 Å². The van der Waals surface area contributed by atoms with E-state index in [-0.39, 0.29) is 5.82 Å². The first-order valence-corrected chi connectivity index (χ1v) is 8.61. The maximum Gasteiger partial charge on any atom is 0.133 e. The minimum Gasteiger partial charge on any atom is -0.496 e. The predicted octanol–water partition coefficient (Wildman–Crippen LogP) is 2.50. The number of quaternary nitrogens is 1. The van der Waals surface area contributed by atoms with Crippen LogP contribution in [0.4, 0.5) is 10.1 Å². The molecule has 0 aromatic heterocycles. The first-order chi connectivity index (χ1) is 11.2. The minimum atomic E-state index is -0.178. The van der Waals surface area contributed by atoms with Gasteiger partial charge in [-0.05, 0) is 58.4 Å². The van der Waals surface area contributed by atoms with Crippen molar-refractivity contribution in [2.24, 2.45) is 0 Å². The van der Waals surface area contributed by atoms with Crippen LogP contribution >= 0.6 is 15.9 Å². The molecular weight excluding hydrogens is 359 g/mol. The average molecular weight is 380 g/mol. The van der Waals surface area contributed by atoms with Crippen LogP contribution in [0.5, 0.6) is 5.75 Å². The smallest absolute Gasteiger partial charge is 0.133 e. The number of rotatable bonds is 4. The summed E-state index contributed by atoms with van der Waals surface area (Å²) in [4.78, 5) is 3.90. The van der Waals surface area contributed by atoms with E-state index in [0.717, 1.165) is 48.6 Å². The van der Waals surface area contributed by atoms with Gasteiger partial charge in [-0.25, -0.2) is 4.39 Å². The summed E-state index contributed by atoms with van der Waals surface area (Å²) in [6, 6.07) is 13.1. The summed E-state index contributed by atoms with van der Waals surface area (Å²) in [7, 11) is 1.68. The Morgan fingerprint density at radius 1 is 1.13 bits per heavy atom. The quantitative estimate of drug-likeness (QED) is 0.878. The van der Waals surface area contributed by atoms with Gasteiger partial charge >= 0.3 is 0 Å². The molecule has 0 bridgehead atoms. The van der Waals surface area contributed by atoms with Crippen LogP contribution in [0.25, 0.3) is 0 Å². The molecule has 2 aromatic carbocycles. The topological polar surface area (TPSA) is 16.9 Å². The molecular formula is C18H21BrFN2O+. The van der Waals surface area contributed by atoms with Crippen LogP contribution in [-0.4, -0.2) is 33.3 Å². The van der Waals surface area contributed by atoms with Crippen LogP contribution in [0.2, 0.25) is 0 Å². The summed E-state index contributed by atoms with van der Waals surface area (Å²) in [6.45, 7) is 5.18. The van der Waals surface area contributed by atoms with E-state index in [1.807, 2.05) is 18.2 Å². The number of hydrogen-bond donors (Lipinski definition) is 1. The number of anilines is 1. The Morgan fingerprint density at radius 2 is 1.83 bits per heavy atom. The minimum absolute atomic E-state index is 0.178. The maximum absolute atomic E-state index is 13.0. The third-order valence-electron chi connectivity index (χ3n) is 4.33. The van der Waals surface area contributed by atoms with Crippen molar-refractivity contribution >= 4 is 21.6 Å². The molecule has 1 aliphatic heterocycles. The Kier molecular flexibility index (Phi) is 5.18. The molecule has 3 rings (SSSR count). The molecule has 1 fully saturated rings. The molecule has 1 heterocycles. The van der Waals surface area contributed by atoms with Gasteiger partial charge in [-0.1, -0.05) is 0 Å². The molecule has 3 nitrogen and oxygen atoms in total. The van der Waals surface area contributed by atoms with Gasteiger partial charge in [0.2, 0.25) is 0 Å². The SMILES string of the molecule is COc1ccc(C[NH+]2CCN(c3ccc(F)cc3)CC2)cc1Br. The van der Waals surface area contributed by atoms with Crippen molar-refractivity contribution in [3.8, 4) is 5.75 Å². The zero-order valence-electron chi connectivity index (χ0n) is 13.2. The lowest BCUT2D eigenvalue weighted by Gasteiger charge is -2.33. The number of ether oxygens (including phenoxy) is 1. The van der Waals surface area contributed by atoms with Crippen molar-refractivity contribution in [1.82, 2.24) is 0 Å². The largest absolute Gasteiger partial charge is 0.496 e. The summed E-state index contributed by atoms with van der Waals surface area (Å²) >= 11 is 3.54. The van der Waals surface area contributed by atoms with Gasteiger partial charge in [0.25, 0.3) is 0 Å². The third-order valence-corrected chi connectivity index (χ3v) is 4.95. The van der Waals surface area contributed by atoms with E-state index in [9.17, 15) is 4.39 Å². The molecule has 0 amide bonds. The molecule has 0 saturated carbocycles. The lowest BCUT2D eigenvalue weighted by atomic mass is 10.2. The normalized spacial score (nSPS) is 15.7. The van der Waals surface area contributed by atoms with Gasteiger partial charge in [0.1, 0.15) is 18.1 Å². The van der Waals surface area contributed by atoms with Gasteiger partial charge < -0.3 is 14.5 Å². The molecule has 2 aromatic rings. The second-order valence-electron chi connectivity index (χ2n) is 5.86. The van der Waals surface area contributed by atoms with Gasteiger partial charge in [-0.2, -0.15) is 0 Å². The van der Waals surface area contributed by atoms with Crippen LogP contribution in [0, 0.1) is 5.82 Å². The van der Waals surface area contributed by atoms with E-state index in [0.29, 0.717) is 0 Å². The van der Waals surface area contributed by atoms with E-state index in [1.165, 1.54) is 17.7 Å². The molecule has 0 radical (unpaired) electrons. The lowest BCUT2D eigenvalue weighted by molar-refractivity contribution is -0.914. The second kappa shape index (κ2) is 7.32. The molecule has 1 saturated heterocycles. The van der Waals surface area contributed by atoms with Gasteiger partial charge in [0.05, 0.1) is 37.8 Å². The molecule has 0 atom stereocenters. The van der Waals surface area contributed by atoms with Gasteiger partial charge in [0, 0.05) is 11.3 Å². The standard InChI is InChI=1S/C18H20BrFN2O/c1-23-18-7-2-14(12-17(18)19)13-21-8-10-22(11-9-21)16-5-3-15(20)4-6-16/h2-7,12H,8-11,13H2,1H3/p+1. The van der Waals surface area contributed by atoms with Crippen molar-refractivity contribution < 1.29 is 14.0 Å². The molecule has 0 aliphatic carbocycles. The molecule has 23 heavy (non-hydrogen) atoms. The van der Waals surface area contributed by atoms with E-state index in [2.05, 4.69) is 33.0 Å². The number of benzene rings is 2. The second-order valence-corrected chi connectivity index (χ2v) is 6.71. The highest BCUT2D eigenvalue weighted by molar-refractivity contribution is 9.10. The van der Waals surface area contributed by atoms with E-state index in [1.54, 1.807) is 12.0 Å². The zero-order chi connectivity index (χ0) is 16.2. The predicted molar refractivity (Wildman–Crippen MR) is 93.7 cm³/mol. The molecule has 1 N–H and O–H groups in total. The van der Waals surface area contributed by atoms with Gasteiger partial charge in [0.15, 0.2) is 0 Å². The fourth-order valence-electron chi connectivity index (χ4n) is 3.02. The van der Waals surface area contributed by atoms with Gasteiger partial charge in [-0.3, -0.25) is 0 Å². The fraction of sp³-hybridized carbons (Fsp3) is 0.333.